The van der Waals surface area contributed by atoms with Gasteiger partial charge in [-0.3, -0.25) is 4.72 Å². The van der Waals surface area contributed by atoms with Gasteiger partial charge in [0.25, 0.3) is 10.0 Å². The van der Waals surface area contributed by atoms with Gasteiger partial charge < -0.3 is 9.47 Å². The highest BCUT2D eigenvalue weighted by molar-refractivity contribution is 7.92. The van der Waals surface area contributed by atoms with E-state index in [2.05, 4.69) is 4.72 Å². The molecule has 1 heterocycles. The minimum Gasteiger partial charge on any atom is -0.344 e. The lowest BCUT2D eigenvalue weighted by Gasteiger charge is -2.22. The Morgan fingerprint density at radius 2 is 1.52 bits per heavy atom. The van der Waals surface area contributed by atoms with Crippen molar-refractivity contribution in [2.75, 3.05) is 17.9 Å². The molecular weight excluding hydrogens is 314 g/mol. The molecule has 2 aromatic rings. The largest absolute Gasteiger partial charge is 0.344 e. The molecule has 5 nitrogen and oxygen atoms in total. The molecule has 1 saturated heterocycles. The Hall–Kier alpha value is -1.89. The van der Waals surface area contributed by atoms with Crippen LogP contribution in [0.5, 0.6) is 0 Å². The summed E-state index contributed by atoms with van der Waals surface area (Å²) in [5.74, 6) is -0.756. The summed E-state index contributed by atoms with van der Waals surface area (Å²) >= 11 is 0. The second-order valence-corrected chi connectivity index (χ2v) is 7.32. The summed E-state index contributed by atoms with van der Waals surface area (Å²) in [6.07, 6.45) is 0. The second-order valence-electron chi connectivity index (χ2n) is 5.64. The summed E-state index contributed by atoms with van der Waals surface area (Å²) in [6.45, 7) is 4.87. The van der Waals surface area contributed by atoms with E-state index in [0.717, 1.165) is 11.1 Å². The van der Waals surface area contributed by atoms with E-state index in [0.29, 0.717) is 18.9 Å². The molecule has 0 amide bonds. The van der Waals surface area contributed by atoms with Gasteiger partial charge in [0.1, 0.15) is 0 Å². The molecule has 1 aliphatic heterocycles. The Morgan fingerprint density at radius 3 is 2.09 bits per heavy atom. The quantitative estimate of drug-likeness (QED) is 0.934. The van der Waals surface area contributed by atoms with Gasteiger partial charge >= 0.3 is 0 Å². The molecule has 3 rings (SSSR count). The van der Waals surface area contributed by atoms with Gasteiger partial charge in [0, 0.05) is 11.3 Å². The molecule has 0 spiro atoms. The van der Waals surface area contributed by atoms with Gasteiger partial charge in [-0.2, -0.15) is 0 Å². The smallest absolute Gasteiger partial charge is 0.261 e. The highest BCUT2D eigenvalue weighted by atomic mass is 32.2. The third-order valence-electron chi connectivity index (χ3n) is 3.83. The number of ether oxygens (including phenoxy) is 2. The maximum absolute atomic E-state index is 12.4. The molecule has 1 N–H and O–H groups in total. The number of benzene rings is 2. The number of rotatable bonds is 4. The molecule has 6 heteroatoms. The van der Waals surface area contributed by atoms with Gasteiger partial charge in [-0.25, -0.2) is 8.42 Å². The highest BCUT2D eigenvalue weighted by Crippen LogP contribution is 2.31. The fourth-order valence-corrected chi connectivity index (χ4v) is 3.51. The van der Waals surface area contributed by atoms with E-state index in [1.54, 1.807) is 48.5 Å². The van der Waals surface area contributed by atoms with Crippen molar-refractivity contribution in [2.24, 2.45) is 0 Å². The van der Waals surface area contributed by atoms with Crippen molar-refractivity contribution >= 4 is 15.7 Å². The average molecular weight is 333 g/mol. The molecule has 0 aliphatic carbocycles. The van der Waals surface area contributed by atoms with Crippen molar-refractivity contribution in [1.29, 1.82) is 0 Å². The first-order chi connectivity index (χ1) is 10.9. The molecule has 1 fully saturated rings. The molecular formula is C17H19NO4S. The number of hydrogen-bond donors (Lipinski definition) is 1. The number of aryl methyl sites for hydroxylation is 1. The van der Waals surface area contributed by atoms with Crippen LogP contribution in [0.3, 0.4) is 0 Å². The summed E-state index contributed by atoms with van der Waals surface area (Å²) in [7, 11) is -3.59. The van der Waals surface area contributed by atoms with Crippen molar-refractivity contribution in [2.45, 2.75) is 24.5 Å². The summed E-state index contributed by atoms with van der Waals surface area (Å²) in [4.78, 5) is 0.238. The van der Waals surface area contributed by atoms with E-state index in [-0.39, 0.29) is 4.90 Å². The molecule has 0 saturated carbocycles. The number of anilines is 1. The van der Waals surface area contributed by atoms with Gasteiger partial charge in [-0.15, -0.1) is 0 Å². The van der Waals surface area contributed by atoms with Gasteiger partial charge in [0.15, 0.2) is 5.79 Å². The first-order valence-electron chi connectivity index (χ1n) is 7.37. The molecule has 2 aromatic carbocycles. The Balaban J connectivity index is 1.79. The van der Waals surface area contributed by atoms with Crippen molar-refractivity contribution < 1.29 is 17.9 Å². The third kappa shape index (κ3) is 3.39. The van der Waals surface area contributed by atoms with Crippen LogP contribution >= 0.6 is 0 Å². The molecule has 1 aliphatic rings. The van der Waals surface area contributed by atoms with Gasteiger partial charge in [0.05, 0.1) is 18.1 Å². The zero-order chi connectivity index (χ0) is 16.5. The van der Waals surface area contributed by atoms with Gasteiger partial charge in [-0.05, 0) is 38.1 Å². The summed E-state index contributed by atoms with van der Waals surface area (Å²) < 4.78 is 38.5. The standard InChI is InChI=1S/C17H19NO4S/c1-13-3-9-16(10-4-13)23(19,20)18-15-7-5-14(6-8-15)17(2)21-11-12-22-17/h3-10,18H,11-12H2,1-2H3. The lowest BCUT2D eigenvalue weighted by molar-refractivity contribution is -0.149. The molecule has 0 radical (unpaired) electrons. The van der Waals surface area contributed by atoms with Crippen LogP contribution in [0.15, 0.2) is 53.4 Å². The van der Waals surface area contributed by atoms with Gasteiger partial charge in [-0.1, -0.05) is 29.8 Å². The Bertz CT molecular complexity index is 776. The maximum Gasteiger partial charge on any atom is 0.261 e. The van der Waals surface area contributed by atoms with E-state index in [1.807, 2.05) is 13.8 Å². The fourth-order valence-electron chi connectivity index (χ4n) is 2.45. The number of nitrogens with one attached hydrogen (secondary N) is 1. The molecule has 0 bridgehead atoms. The zero-order valence-corrected chi connectivity index (χ0v) is 13.9. The monoisotopic (exact) mass is 333 g/mol. The van der Waals surface area contributed by atoms with Crippen molar-refractivity contribution in [3.8, 4) is 0 Å². The second kappa shape index (κ2) is 5.96. The Labute approximate surface area is 136 Å². The Morgan fingerprint density at radius 1 is 0.957 bits per heavy atom. The van der Waals surface area contributed by atoms with E-state index in [4.69, 9.17) is 9.47 Å². The molecule has 0 atom stereocenters. The van der Waals surface area contributed by atoms with Crippen molar-refractivity contribution in [3.63, 3.8) is 0 Å². The molecule has 122 valence electrons. The van der Waals surface area contributed by atoms with Crippen molar-refractivity contribution in [3.05, 3.63) is 59.7 Å². The third-order valence-corrected chi connectivity index (χ3v) is 5.23. The number of sulfonamides is 1. The van der Waals surface area contributed by atoms with Crippen LogP contribution in [0.2, 0.25) is 0 Å². The first-order valence-corrected chi connectivity index (χ1v) is 8.85. The van der Waals surface area contributed by atoms with Crippen LogP contribution in [-0.2, 0) is 25.3 Å². The zero-order valence-electron chi connectivity index (χ0n) is 13.1. The maximum atomic E-state index is 12.4. The van der Waals surface area contributed by atoms with Crippen LogP contribution < -0.4 is 4.72 Å². The van der Waals surface area contributed by atoms with Crippen LogP contribution in [0.1, 0.15) is 18.1 Å². The molecule has 0 unspecified atom stereocenters. The minimum atomic E-state index is -3.59. The normalized spacial score (nSPS) is 17.1. The van der Waals surface area contributed by atoms with Crippen LogP contribution in [-0.4, -0.2) is 21.6 Å². The van der Waals surface area contributed by atoms with Crippen molar-refractivity contribution in [1.82, 2.24) is 0 Å². The summed E-state index contributed by atoms with van der Waals surface area (Å²) in [5.41, 5.74) is 2.36. The molecule has 23 heavy (non-hydrogen) atoms. The predicted molar refractivity (Wildman–Crippen MR) is 87.7 cm³/mol. The van der Waals surface area contributed by atoms with Crippen LogP contribution in [0, 0.1) is 6.92 Å². The number of hydrogen-bond acceptors (Lipinski definition) is 4. The lowest BCUT2D eigenvalue weighted by Crippen LogP contribution is -2.22. The van der Waals surface area contributed by atoms with Crippen LogP contribution in [0.25, 0.3) is 0 Å². The highest BCUT2D eigenvalue weighted by Gasteiger charge is 2.32. The average Bonchev–Trinajstić information content (AvgIpc) is 2.96. The predicted octanol–water partition coefficient (Wildman–Crippen LogP) is 3.02. The lowest BCUT2D eigenvalue weighted by atomic mass is 10.1. The topological polar surface area (TPSA) is 64.6 Å². The van der Waals surface area contributed by atoms with E-state index >= 15 is 0 Å². The molecule has 0 aromatic heterocycles. The Kier molecular flexibility index (Phi) is 4.14. The summed E-state index contributed by atoms with van der Waals surface area (Å²) in [5, 5.41) is 0. The summed E-state index contributed by atoms with van der Waals surface area (Å²) in [6, 6.07) is 13.7. The SMILES string of the molecule is Cc1ccc(S(=O)(=O)Nc2ccc(C3(C)OCCO3)cc2)cc1. The van der Waals surface area contributed by atoms with Gasteiger partial charge in [0.2, 0.25) is 0 Å². The van der Waals surface area contributed by atoms with E-state index in [1.165, 1.54) is 0 Å². The van der Waals surface area contributed by atoms with E-state index < -0.39 is 15.8 Å². The minimum absolute atomic E-state index is 0.238. The van der Waals surface area contributed by atoms with Crippen LogP contribution in [0.4, 0.5) is 5.69 Å². The fraction of sp³-hybridized carbons (Fsp3) is 0.294. The van der Waals surface area contributed by atoms with E-state index in [9.17, 15) is 8.42 Å². The first kappa shape index (κ1) is 16.0.